The highest BCUT2D eigenvalue weighted by atomic mass is 79.9. The van der Waals surface area contributed by atoms with E-state index in [1.807, 2.05) is 0 Å². The van der Waals surface area contributed by atoms with Crippen LogP contribution >= 0.6 is 32.9 Å². The number of rotatable bonds is 2. The highest BCUT2D eigenvalue weighted by molar-refractivity contribution is 9.09. The molecule has 0 unspecified atom stereocenters. The van der Waals surface area contributed by atoms with Gasteiger partial charge in [0.1, 0.15) is 0 Å². The Morgan fingerprint density at radius 2 is 2.18 bits per heavy atom. The minimum atomic E-state index is 0. The standard InChI is InChI=1S/C8H16BrN.BrH/c1-7(2)10-4-3-8(5-9)6-10;/h7-8H,3-6H2,1-2H3;1H/t8-;/m1./s1. The molecule has 0 aromatic carbocycles. The van der Waals surface area contributed by atoms with E-state index in [1.165, 1.54) is 24.8 Å². The number of alkyl halides is 1. The van der Waals surface area contributed by atoms with Crippen molar-refractivity contribution in [3.63, 3.8) is 0 Å². The van der Waals surface area contributed by atoms with Crippen molar-refractivity contribution in [2.45, 2.75) is 26.3 Å². The van der Waals surface area contributed by atoms with Crippen molar-refractivity contribution in [2.24, 2.45) is 5.92 Å². The van der Waals surface area contributed by atoms with Crippen molar-refractivity contribution >= 4 is 32.9 Å². The Hall–Kier alpha value is 0.920. The molecule has 0 N–H and O–H groups in total. The average Bonchev–Trinajstić information content (AvgIpc) is 2.34. The first-order valence-corrected chi connectivity index (χ1v) is 5.16. The minimum absolute atomic E-state index is 0. The lowest BCUT2D eigenvalue weighted by Crippen LogP contribution is -2.28. The zero-order chi connectivity index (χ0) is 7.56. The molecular formula is C8H17Br2N. The maximum absolute atomic E-state index is 3.53. The molecule has 0 aromatic heterocycles. The molecule has 1 nitrogen and oxygen atoms in total. The molecule has 1 heterocycles. The summed E-state index contributed by atoms with van der Waals surface area (Å²) < 4.78 is 0. The summed E-state index contributed by atoms with van der Waals surface area (Å²) in [6.45, 7) is 7.14. The fourth-order valence-electron chi connectivity index (χ4n) is 1.46. The zero-order valence-electron chi connectivity index (χ0n) is 7.22. The number of hydrogen-bond donors (Lipinski definition) is 0. The van der Waals surface area contributed by atoms with Gasteiger partial charge in [0.05, 0.1) is 0 Å². The van der Waals surface area contributed by atoms with Gasteiger partial charge >= 0.3 is 0 Å². The van der Waals surface area contributed by atoms with Gasteiger partial charge < -0.3 is 4.90 Å². The van der Waals surface area contributed by atoms with E-state index in [0.29, 0.717) is 0 Å². The molecule has 1 atom stereocenters. The predicted molar refractivity (Wildman–Crippen MR) is 58.9 cm³/mol. The van der Waals surface area contributed by atoms with E-state index in [-0.39, 0.29) is 17.0 Å². The Balaban J connectivity index is 0.000001000. The van der Waals surface area contributed by atoms with Gasteiger partial charge in [-0.1, -0.05) is 15.9 Å². The Morgan fingerprint density at radius 1 is 1.55 bits per heavy atom. The molecule has 0 bridgehead atoms. The third kappa shape index (κ3) is 3.43. The largest absolute Gasteiger partial charge is 0.301 e. The highest BCUT2D eigenvalue weighted by Crippen LogP contribution is 2.19. The Bertz CT molecular complexity index is 106. The summed E-state index contributed by atoms with van der Waals surface area (Å²) in [7, 11) is 0. The first kappa shape index (κ1) is 11.9. The predicted octanol–water partition coefficient (Wildman–Crippen LogP) is 2.69. The van der Waals surface area contributed by atoms with Crippen LogP contribution in [0.3, 0.4) is 0 Å². The molecule has 11 heavy (non-hydrogen) atoms. The first-order chi connectivity index (χ1) is 4.74. The molecule has 0 radical (unpaired) electrons. The van der Waals surface area contributed by atoms with Gasteiger partial charge in [0.15, 0.2) is 0 Å². The second-order valence-electron chi connectivity index (χ2n) is 3.40. The van der Waals surface area contributed by atoms with Crippen LogP contribution in [0.5, 0.6) is 0 Å². The van der Waals surface area contributed by atoms with Crippen LogP contribution in [0.4, 0.5) is 0 Å². The summed E-state index contributed by atoms with van der Waals surface area (Å²) in [5.41, 5.74) is 0. The summed E-state index contributed by atoms with van der Waals surface area (Å²) in [6, 6.07) is 0.740. The summed E-state index contributed by atoms with van der Waals surface area (Å²) >= 11 is 3.53. The Morgan fingerprint density at radius 3 is 2.45 bits per heavy atom. The number of hydrogen-bond acceptors (Lipinski definition) is 1. The van der Waals surface area contributed by atoms with Gasteiger partial charge in [0, 0.05) is 17.9 Å². The average molecular weight is 287 g/mol. The molecule has 1 aliphatic rings. The minimum Gasteiger partial charge on any atom is -0.301 e. The molecular weight excluding hydrogens is 270 g/mol. The van der Waals surface area contributed by atoms with Crippen molar-refractivity contribution in [3.8, 4) is 0 Å². The molecule has 0 amide bonds. The first-order valence-electron chi connectivity index (χ1n) is 4.04. The van der Waals surface area contributed by atoms with E-state index in [4.69, 9.17) is 0 Å². The SMILES string of the molecule is Br.CC(C)N1CC[C@H](CBr)C1. The van der Waals surface area contributed by atoms with E-state index in [0.717, 1.165) is 12.0 Å². The monoisotopic (exact) mass is 285 g/mol. The molecule has 3 heteroatoms. The van der Waals surface area contributed by atoms with Gasteiger partial charge in [0.2, 0.25) is 0 Å². The maximum Gasteiger partial charge on any atom is 0.00723 e. The van der Waals surface area contributed by atoms with Crippen molar-refractivity contribution in [1.82, 2.24) is 4.90 Å². The molecule has 0 saturated carbocycles. The van der Waals surface area contributed by atoms with Crippen molar-refractivity contribution in [1.29, 1.82) is 0 Å². The van der Waals surface area contributed by atoms with Crippen LogP contribution in [0.15, 0.2) is 0 Å². The van der Waals surface area contributed by atoms with E-state index < -0.39 is 0 Å². The highest BCUT2D eigenvalue weighted by Gasteiger charge is 2.22. The van der Waals surface area contributed by atoms with Gasteiger partial charge in [-0.2, -0.15) is 0 Å². The maximum atomic E-state index is 3.53. The van der Waals surface area contributed by atoms with Crippen LogP contribution in [-0.4, -0.2) is 29.4 Å². The third-order valence-electron chi connectivity index (χ3n) is 2.27. The molecule has 1 fully saturated rings. The smallest absolute Gasteiger partial charge is 0.00723 e. The zero-order valence-corrected chi connectivity index (χ0v) is 10.5. The summed E-state index contributed by atoms with van der Waals surface area (Å²) in [6.07, 6.45) is 1.38. The van der Waals surface area contributed by atoms with Crippen LogP contribution in [0, 0.1) is 5.92 Å². The van der Waals surface area contributed by atoms with Gasteiger partial charge in [-0.15, -0.1) is 17.0 Å². The van der Waals surface area contributed by atoms with Crippen LogP contribution in [0.2, 0.25) is 0 Å². The van der Waals surface area contributed by atoms with Crippen LogP contribution < -0.4 is 0 Å². The van der Waals surface area contributed by atoms with E-state index in [2.05, 4.69) is 34.7 Å². The normalized spacial score (nSPS) is 25.6. The number of nitrogens with zero attached hydrogens (tertiary/aromatic N) is 1. The molecule has 1 saturated heterocycles. The molecule has 0 spiro atoms. The van der Waals surface area contributed by atoms with Crippen molar-refractivity contribution < 1.29 is 0 Å². The molecule has 1 aliphatic heterocycles. The van der Waals surface area contributed by atoms with Crippen LogP contribution in [0.1, 0.15) is 20.3 Å². The van der Waals surface area contributed by atoms with E-state index in [1.54, 1.807) is 0 Å². The second-order valence-corrected chi connectivity index (χ2v) is 4.05. The van der Waals surface area contributed by atoms with Crippen molar-refractivity contribution in [2.75, 3.05) is 18.4 Å². The molecule has 0 aliphatic carbocycles. The van der Waals surface area contributed by atoms with E-state index >= 15 is 0 Å². The van der Waals surface area contributed by atoms with Crippen LogP contribution in [0.25, 0.3) is 0 Å². The second kappa shape index (κ2) is 5.55. The molecule has 1 rings (SSSR count). The number of likely N-dealkylation sites (tertiary alicyclic amines) is 1. The summed E-state index contributed by atoms with van der Waals surface area (Å²) in [5, 5.41) is 1.18. The quantitative estimate of drug-likeness (QED) is 0.706. The third-order valence-corrected chi connectivity index (χ3v) is 3.18. The Labute approximate surface area is 88.4 Å². The van der Waals surface area contributed by atoms with Crippen LogP contribution in [-0.2, 0) is 0 Å². The molecule has 0 aromatic rings. The summed E-state index contributed by atoms with van der Waals surface area (Å²) in [5.74, 6) is 0.905. The topological polar surface area (TPSA) is 3.24 Å². The van der Waals surface area contributed by atoms with Gasteiger partial charge in [-0.25, -0.2) is 0 Å². The number of halogens is 2. The fraction of sp³-hybridized carbons (Fsp3) is 1.00. The lowest BCUT2D eigenvalue weighted by Gasteiger charge is -2.19. The molecule has 68 valence electrons. The van der Waals surface area contributed by atoms with Gasteiger partial charge in [0.25, 0.3) is 0 Å². The van der Waals surface area contributed by atoms with Gasteiger partial charge in [-0.05, 0) is 32.7 Å². The summed E-state index contributed by atoms with van der Waals surface area (Å²) in [4.78, 5) is 2.55. The lowest BCUT2D eigenvalue weighted by atomic mass is 10.2. The van der Waals surface area contributed by atoms with Crippen molar-refractivity contribution in [3.05, 3.63) is 0 Å². The van der Waals surface area contributed by atoms with E-state index in [9.17, 15) is 0 Å². The van der Waals surface area contributed by atoms with Gasteiger partial charge in [-0.3, -0.25) is 0 Å². The Kier molecular flexibility index (Phi) is 6.01. The fourth-order valence-corrected chi connectivity index (χ4v) is 1.99. The lowest BCUT2D eigenvalue weighted by molar-refractivity contribution is 0.268.